The highest BCUT2D eigenvalue weighted by molar-refractivity contribution is 7.14. The van der Waals surface area contributed by atoms with Crippen LogP contribution in [0.1, 0.15) is 43.6 Å². The Bertz CT molecular complexity index is 774. The van der Waals surface area contributed by atoms with Crippen molar-refractivity contribution in [2.24, 2.45) is 0 Å². The van der Waals surface area contributed by atoms with E-state index in [2.05, 4.69) is 44.9 Å². The van der Waals surface area contributed by atoms with Crippen LogP contribution < -0.4 is 5.32 Å². The highest BCUT2D eigenvalue weighted by Crippen LogP contribution is 2.33. The van der Waals surface area contributed by atoms with Crippen molar-refractivity contribution < 1.29 is 0 Å². The predicted octanol–water partition coefficient (Wildman–Crippen LogP) is 6.00. The van der Waals surface area contributed by atoms with E-state index in [-0.39, 0.29) is 0 Å². The van der Waals surface area contributed by atoms with Gasteiger partial charge in [0.15, 0.2) is 5.13 Å². The highest BCUT2D eigenvalue weighted by Gasteiger charge is 2.15. The lowest BCUT2D eigenvalue weighted by molar-refractivity contribution is 0.443. The van der Waals surface area contributed by atoms with Gasteiger partial charge in [0.2, 0.25) is 0 Å². The average Bonchev–Trinajstić information content (AvgIpc) is 3.12. The number of anilines is 2. The van der Waals surface area contributed by atoms with Crippen LogP contribution in [0.4, 0.5) is 10.8 Å². The third kappa shape index (κ3) is 3.49. The van der Waals surface area contributed by atoms with Gasteiger partial charge in [-0.2, -0.15) is 0 Å². The lowest BCUT2D eigenvalue weighted by Crippen LogP contribution is -2.04. The molecule has 2 aromatic heterocycles. The van der Waals surface area contributed by atoms with Gasteiger partial charge in [-0.15, -0.1) is 11.3 Å². The number of thiazole rings is 1. The minimum absolute atomic E-state index is 0.754. The molecular formula is C20H21N3S. The standard InChI is InChI=1S/C20H21N3S/c1-2-5-15(6-3-1)16-8-10-18(11-9-16)22-20-23-19(14-24-20)17-7-4-12-21-13-17/h4,7-15H,1-3,5-6H2,(H,22,23). The van der Waals surface area contributed by atoms with Crippen LogP contribution in [0.15, 0.2) is 54.2 Å². The van der Waals surface area contributed by atoms with E-state index >= 15 is 0 Å². The molecule has 1 N–H and O–H groups in total. The Kier molecular flexibility index (Phi) is 4.56. The van der Waals surface area contributed by atoms with Gasteiger partial charge < -0.3 is 5.32 Å². The van der Waals surface area contributed by atoms with Crippen LogP contribution in [0.25, 0.3) is 11.3 Å². The second-order valence-electron chi connectivity index (χ2n) is 6.36. The first-order chi connectivity index (χ1) is 11.9. The van der Waals surface area contributed by atoms with Crippen molar-refractivity contribution in [2.75, 3.05) is 5.32 Å². The van der Waals surface area contributed by atoms with E-state index in [1.165, 1.54) is 37.7 Å². The van der Waals surface area contributed by atoms with E-state index in [0.717, 1.165) is 28.0 Å². The third-order valence-corrected chi connectivity index (χ3v) is 5.46. The van der Waals surface area contributed by atoms with Gasteiger partial charge in [-0.05, 0) is 48.6 Å². The van der Waals surface area contributed by atoms with Gasteiger partial charge in [0.1, 0.15) is 0 Å². The summed E-state index contributed by atoms with van der Waals surface area (Å²) in [6, 6.07) is 12.9. The molecule has 0 spiro atoms. The molecule has 3 aromatic rings. The maximum atomic E-state index is 4.66. The summed E-state index contributed by atoms with van der Waals surface area (Å²) < 4.78 is 0. The van der Waals surface area contributed by atoms with Gasteiger partial charge in [-0.3, -0.25) is 4.98 Å². The first kappa shape index (κ1) is 15.3. The Morgan fingerprint density at radius 1 is 1.00 bits per heavy atom. The summed E-state index contributed by atoms with van der Waals surface area (Å²) in [6.07, 6.45) is 10.5. The van der Waals surface area contributed by atoms with Crippen molar-refractivity contribution in [1.29, 1.82) is 0 Å². The number of pyridine rings is 1. The molecule has 24 heavy (non-hydrogen) atoms. The van der Waals surface area contributed by atoms with Crippen molar-refractivity contribution in [3.05, 3.63) is 59.7 Å². The fraction of sp³-hybridized carbons (Fsp3) is 0.300. The number of hydrogen-bond donors (Lipinski definition) is 1. The van der Waals surface area contributed by atoms with E-state index in [1.807, 2.05) is 18.3 Å². The van der Waals surface area contributed by atoms with E-state index in [1.54, 1.807) is 17.5 Å². The predicted molar refractivity (Wildman–Crippen MR) is 101 cm³/mol. The molecule has 0 amide bonds. The van der Waals surface area contributed by atoms with E-state index in [0.29, 0.717) is 0 Å². The lowest BCUT2D eigenvalue weighted by atomic mass is 9.84. The van der Waals surface area contributed by atoms with Gasteiger partial charge >= 0.3 is 0 Å². The molecule has 0 atom stereocenters. The summed E-state index contributed by atoms with van der Waals surface area (Å²) in [5.74, 6) is 0.754. The van der Waals surface area contributed by atoms with Crippen LogP contribution >= 0.6 is 11.3 Å². The number of benzene rings is 1. The Balaban J connectivity index is 1.45. The molecule has 2 heterocycles. The number of hydrogen-bond acceptors (Lipinski definition) is 4. The maximum Gasteiger partial charge on any atom is 0.187 e. The van der Waals surface area contributed by atoms with Crippen molar-refractivity contribution in [1.82, 2.24) is 9.97 Å². The largest absolute Gasteiger partial charge is 0.332 e. The normalized spacial score (nSPS) is 15.3. The van der Waals surface area contributed by atoms with E-state index < -0.39 is 0 Å². The second-order valence-corrected chi connectivity index (χ2v) is 7.22. The fourth-order valence-electron chi connectivity index (χ4n) is 3.38. The summed E-state index contributed by atoms with van der Waals surface area (Å²) in [5.41, 5.74) is 4.60. The van der Waals surface area contributed by atoms with Crippen molar-refractivity contribution in [2.45, 2.75) is 38.0 Å². The van der Waals surface area contributed by atoms with Gasteiger partial charge in [0.25, 0.3) is 0 Å². The second kappa shape index (κ2) is 7.14. The fourth-order valence-corrected chi connectivity index (χ4v) is 4.12. The average molecular weight is 335 g/mol. The summed E-state index contributed by atoms with van der Waals surface area (Å²) >= 11 is 1.62. The summed E-state index contributed by atoms with van der Waals surface area (Å²) in [5, 5.41) is 6.39. The molecule has 0 aliphatic heterocycles. The summed E-state index contributed by atoms with van der Waals surface area (Å²) in [4.78, 5) is 8.81. The number of rotatable bonds is 4. The van der Waals surface area contributed by atoms with Crippen molar-refractivity contribution >= 4 is 22.2 Å². The molecule has 122 valence electrons. The van der Waals surface area contributed by atoms with Crippen LogP contribution in [0, 0.1) is 0 Å². The molecule has 4 heteroatoms. The minimum Gasteiger partial charge on any atom is -0.332 e. The molecule has 3 nitrogen and oxygen atoms in total. The maximum absolute atomic E-state index is 4.66. The molecule has 0 radical (unpaired) electrons. The zero-order chi connectivity index (χ0) is 16.2. The van der Waals surface area contributed by atoms with Crippen LogP contribution in [-0.2, 0) is 0 Å². The quantitative estimate of drug-likeness (QED) is 0.635. The Morgan fingerprint density at radius 2 is 1.83 bits per heavy atom. The molecule has 4 rings (SSSR count). The molecule has 1 fully saturated rings. The molecule has 0 bridgehead atoms. The lowest BCUT2D eigenvalue weighted by Gasteiger charge is -2.22. The Hall–Kier alpha value is -2.20. The van der Waals surface area contributed by atoms with Gasteiger partial charge in [-0.1, -0.05) is 31.4 Å². The monoisotopic (exact) mass is 335 g/mol. The number of aromatic nitrogens is 2. The molecule has 1 aromatic carbocycles. The Morgan fingerprint density at radius 3 is 2.58 bits per heavy atom. The van der Waals surface area contributed by atoms with Crippen molar-refractivity contribution in [3.63, 3.8) is 0 Å². The summed E-state index contributed by atoms with van der Waals surface area (Å²) in [7, 11) is 0. The SMILES string of the molecule is c1cncc(-c2csc(Nc3ccc(C4CCCCC4)cc3)n2)c1. The minimum atomic E-state index is 0.754. The van der Waals surface area contributed by atoms with E-state index in [4.69, 9.17) is 0 Å². The van der Waals surface area contributed by atoms with Gasteiger partial charge in [0.05, 0.1) is 5.69 Å². The molecule has 1 aliphatic rings. The van der Waals surface area contributed by atoms with Crippen LogP contribution in [0.2, 0.25) is 0 Å². The first-order valence-electron chi connectivity index (χ1n) is 8.61. The number of nitrogens with one attached hydrogen (secondary N) is 1. The molecule has 1 saturated carbocycles. The van der Waals surface area contributed by atoms with Crippen LogP contribution in [-0.4, -0.2) is 9.97 Å². The topological polar surface area (TPSA) is 37.8 Å². The van der Waals surface area contributed by atoms with Gasteiger partial charge in [0, 0.05) is 29.0 Å². The van der Waals surface area contributed by atoms with Crippen LogP contribution in [0.3, 0.4) is 0 Å². The van der Waals surface area contributed by atoms with Crippen molar-refractivity contribution in [3.8, 4) is 11.3 Å². The zero-order valence-corrected chi connectivity index (χ0v) is 14.4. The van der Waals surface area contributed by atoms with Crippen LogP contribution in [0.5, 0.6) is 0 Å². The molecule has 0 unspecified atom stereocenters. The number of nitrogens with zero attached hydrogens (tertiary/aromatic N) is 2. The highest BCUT2D eigenvalue weighted by atomic mass is 32.1. The molecular weight excluding hydrogens is 314 g/mol. The molecule has 1 aliphatic carbocycles. The van der Waals surface area contributed by atoms with Gasteiger partial charge in [-0.25, -0.2) is 4.98 Å². The molecule has 0 saturated heterocycles. The smallest absolute Gasteiger partial charge is 0.187 e. The third-order valence-electron chi connectivity index (χ3n) is 4.70. The first-order valence-corrected chi connectivity index (χ1v) is 9.49. The summed E-state index contributed by atoms with van der Waals surface area (Å²) in [6.45, 7) is 0. The zero-order valence-electron chi connectivity index (χ0n) is 13.6. The Labute approximate surface area is 146 Å². The van der Waals surface area contributed by atoms with E-state index in [9.17, 15) is 0 Å².